The Kier molecular flexibility index (Phi) is 5.91. The number of nitrogens with zero attached hydrogens (tertiary/aromatic N) is 3. The van der Waals surface area contributed by atoms with Gasteiger partial charge >= 0.3 is 0 Å². The van der Waals surface area contributed by atoms with Gasteiger partial charge in [0, 0.05) is 44.3 Å². The zero-order valence-electron chi connectivity index (χ0n) is 18.3. The molecule has 0 bridgehead atoms. The van der Waals surface area contributed by atoms with E-state index >= 15 is 0 Å². The molecule has 7 nitrogen and oxygen atoms in total. The van der Waals surface area contributed by atoms with Crippen molar-refractivity contribution in [3.8, 4) is 0 Å². The third-order valence-electron chi connectivity index (χ3n) is 5.46. The van der Waals surface area contributed by atoms with E-state index in [1.165, 1.54) is 0 Å². The van der Waals surface area contributed by atoms with Crippen molar-refractivity contribution in [1.82, 2.24) is 14.8 Å². The molecule has 1 aliphatic heterocycles. The Hall–Kier alpha value is -2.51. The van der Waals surface area contributed by atoms with Crippen LogP contribution in [-0.2, 0) is 15.0 Å². The van der Waals surface area contributed by atoms with Crippen molar-refractivity contribution in [2.75, 3.05) is 34.5 Å². The molecule has 0 spiro atoms. The van der Waals surface area contributed by atoms with Crippen molar-refractivity contribution >= 4 is 11.5 Å². The highest BCUT2D eigenvalue weighted by Gasteiger charge is 2.28. The van der Waals surface area contributed by atoms with Gasteiger partial charge in [0.2, 0.25) is 0 Å². The molecule has 0 saturated carbocycles. The molecule has 1 aromatic rings. The highest BCUT2D eigenvalue weighted by atomic mass is 16.5. The molecule has 0 saturated heterocycles. The number of fused-ring (bicyclic) bond motifs is 1. The quantitative estimate of drug-likeness (QED) is 0.743. The number of hydrogen-bond donors (Lipinski definition) is 2. The van der Waals surface area contributed by atoms with Crippen molar-refractivity contribution < 1.29 is 9.47 Å². The van der Waals surface area contributed by atoms with Crippen LogP contribution in [0.15, 0.2) is 41.6 Å². The summed E-state index contributed by atoms with van der Waals surface area (Å²) in [5.74, 6) is 0.632. The van der Waals surface area contributed by atoms with E-state index in [9.17, 15) is 0 Å². The normalized spacial score (nSPS) is 21.2. The first-order chi connectivity index (χ1) is 13.7. The van der Waals surface area contributed by atoms with Gasteiger partial charge in [-0.25, -0.2) is 4.99 Å². The molecular weight excluding hydrogens is 366 g/mol. The molecule has 2 aliphatic rings. The fourth-order valence-electron chi connectivity index (χ4n) is 3.82. The molecule has 7 heteroatoms. The summed E-state index contributed by atoms with van der Waals surface area (Å²) >= 11 is 0. The van der Waals surface area contributed by atoms with E-state index in [1.807, 2.05) is 7.05 Å². The van der Waals surface area contributed by atoms with Gasteiger partial charge in [0.15, 0.2) is 0 Å². The maximum Gasteiger partial charge on any atom is 0.141 e. The van der Waals surface area contributed by atoms with Crippen molar-refractivity contribution in [1.29, 1.82) is 0 Å². The number of likely N-dealkylation sites (N-methyl/N-ethyl adjacent to an activating group) is 1. The Labute approximate surface area is 172 Å². The molecule has 0 aromatic carbocycles. The zero-order chi connectivity index (χ0) is 21.3. The lowest BCUT2D eigenvalue weighted by molar-refractivity contribution is 0.0917. The number of aromatic nitrogens is 1. The van der Waals surface area contributed by atoms with Crippen LogP contribution in [0.4, 0.5) is 0 Å². The van der Waals surface area contributed by atoms with E-state index in [0.717, 1.165) is 27.5 Å². The molecule has 1 aromatic heterocycles. The molecule has 0 amide bonds. The lowest BCUT2D eigenvalue weighted by atomic mass is 9.98. The van der Waals surface area contributed by atoms with Crippen molar-refractivity contribution in [2.45, 2.75) is 38.5 Å². The summed E-state index contributed by atoms with van der Waals surface area (Å²) in [5, 5.41) is 4.06. The molecule has 2 heterocycles. The third kappa shape index (κ3) is 3.97. The average molecular weight is 400 g/mol. The maximum absolute atomic E-state index is 6.34. The fourth-order valence-corrected chi connectivity index (χ4v) is 3.82. The second kappa shape index (κ2) is 8.08. The largest absolute Gasteiger partial charge is 0.385 e. The summed E-state index contributed by atoms with van der Waals surface area (Å²) in [7, 11) is 5.45. The van der Waals surface area contributed by atoms with Crippen molar-refractivity contribution in [2.24, 2.45) is 10.7 Å². The Morgan fingerprint density at radius 1 is 1.41 bits per heavy atom. The van der Waals surface area contributed by atoms with Crippen LogP contribution in [-0.4, -0.2) is 56.2 Å². The van der Waals surface area contributed by atoms with E-state index in [1.54, 1.807) is 14.2 Å². The maximum atomic E-state index is 6.34. The summed E-state index contributed by atoms with van der Waals surface area (Å²) in [4.78, 5) is 6.81. The number of nitrogens with two attached hydrogens (primary N) is 1. The van der Waals surface area contributed by atoms with E-state index in [-0.39, 0.29) is 17.7 Å². The Bertz CT molecular complexity index is 965. The molecule has 1 aliphatic carbocycles. The summed E-state index contributed by atoms with van der Waals surface area (Å²) in [6.07, 6.45) is 8.33. The molecular formula is C22H33N5O2. The predicted molar refractivity (Wildman–Crippen MR) is 116 cm³/mol. The van der Waals surface area contributed by atoms with Crippen LogP contribution in [0.1, 0.15) is 26.3 Å². The Morgan fingerprint density at radius 3 is 2.76 bits per heavy atom. The molecule has 158 valence electrons. The number of hydrogen-bond acceptors (Lipinski definition) is 6. The van der Waals surface area contributed by atoms with Gasteiger partial charge in [0.05, 0.1) is 24.0 Å². The Morgan fingerprint density at radius 2 is 2.14 bits per heavy atom. The van der Waals surface area contributed by atoms with Gasteiger partial charge < -0.3 is 30.0 Å². The van der Waals surface area contributed by atoms with Gasteiger partial charge in [-0.2, -0.15) is 0 Å². The minimum absolute atomic E-state index is 0.0106. The first-order valence-corrected chi connectivity index (χ1v) is 9.81. The Balaban J connectivity index is 2.01. The van der Waals surface area contributed by atoms with Gasteiger partial charge in [0.1, 0.15) is 18.0 Å². The number of rotatable bonds is 6. The predicted octanol–water partition coefficient (Wildman–Crippen LogP) is 0.877. The summed E-state index contributed by atoms with van der Waals surface area (Å²) in [6.45, 7) is 11.9. The molecule has 29 heavy (non-hydrogen) atoms. The van der Waals surface area contributed by atoms with Crippen molar-refractivity contribution in [3.63, 3.8) is 0 Å². The number of nitrogens with one attached hydrogen (secondary N) is 1. The van der Waals surface area contributed by atoms with E-state index < -0.39 is 0 Å². The monoisotopic (exact) mass is 399 g/mol. The zero-order valence-corrected chi connectivity index (χ0v) is 18.3. The first-order valence-electron chi connectivity index (χ1n) is 9.81. The molecule has 3 rings (SSSR count). The smallest absolute Gasteiger partial charge is 0.141 e. The van der Waals surface area contributed by atoms with Gasteiger partial charge in [-0.3, -0.25) is 0 Å². The minimum atomic E-state index is -0.125. The van der Waals surface area contributed by atoms with Gasteiger partial charge in [-0.05, 0) is 32.4 Å². The van der Waals surface area contributed by atoms with Crippen LogP contribution in [0.25, 0.3) is 11.5 Å². The van der Waals surface area contributed by atoms with Crippen LogP contribution in [0.3, 0.4) is 0 Å². The minimum Gasteiger partial charge on any atom is -0.385 e. The van der Waals surface area contributed by atoms with E-state index in [2.05, 4.69) is 71.6 Å². The molecule has 2 unspecified atom stereocenters. The summed E-state index contributed by atoms with van der Waals surface area (Å²) < 4.78 is 13.2. The van der Waals surface area contributed by atoms with Crippen molar-refractivity contribution in [3.05, 3.63) is 52.8 Å². The number of ether oxygens (including phenoxy) is 2. The highest BCUT2D eigenvalue weighted by Crippen LogP contribution is 2.25. The molecule has 2 atom stereocenters. The number of methoxy groups -OCH3 is 2. The first kappa shape index (κ1) is 21.2. The summed E-state index contributed by atoms with van der Waals surface area (Å²) in [5.41, 5.74) is 10.0. The fraction of sp³-hybridized carbons (Fsp3) is 0.500. The third-order valence-corrected chi connectivity index (χ3v) is 5.46. The van der Waals surface area contributed by atoms with Gasteiger partial charge in [-0.1, -0.05) is 18.7 Å². The summed E-state index contributed by atoms with van der Waals surface area (Å²) in [6, 6.07) is 0.0106. The van der Waals surface area contributed by atoms with Crippen LogP contribution in [0, 0.1) is 0 Å². The lowest BCUT2D eigenvalue weighted by Crippen LogP contribution is -2.47. The highest BCUT2D eigenvalue weighted by molar-refractivity contribution is 5.65. The lowest BCUT2D eigenvalue weighted by Gasteiger charge is -2.35. The topological polar surface area (TPSA) is 77.0 Å². The van der Waals surface area contributed by atoms with Gasteiger partial charge in [0.25, 0.3) is 0 Å². The SMILES string of the molecule is C=C(c1cn(C(C)(C)C)c2c1=C(N)NCN=2)N(C)C1C=CC(COC)=CC1OC. The molecule has 0 radical (unpaired) electrons. The van der Waals surface area contributed by atoms with E-state index in [4.69, 9.17) is 15.2 Å². The average Bonchev–Trinajstić information content (AvgIpc) is 3.08. The van der Waals surface area contributed by atoms with Crippen LogP contribution in [0.5, 0.6) is 0 Å². The second-order valence-electron chi connectivity index (χ2n) is 8.47. The standard InChI is InChI=1S/C22H33N5O2/c1-14(26(5)17-9-8-15(12-28-6)10-18(17)29-7)16-11-27(22(2,3)4)21-19(16)20(23)24-13-25-21/h8-11,17-18,24H,1,12-13,23H2,2-7H3. The van der Waals surface area contributed by atoms with Crippen LogP contribution >= 0.6 is 0 Å². The molecule has 0 fully saturated rings. The second-order valence-corrected chi connectivity index (χ2v) is 8.47. The van der Waals surface area contributed by atoms with Crippen LogP contribution in [0.2, 0.25) is 0 Å². The molecule has 3 N–H and O–H groups in total. The van der Waals surface area contributed by atoms with E-state index in [0.29, 0.717) is 19.1 Å². The van der Waals surface area contributed by atoms with Crippen LogP contribution < -0.4 is 21.8 Å². The van der Waals surface area contributed by atoms with Gasteiger partial charge in [-0.15, -0.1) is 0 Å².